The largest absolute Gasteiger partial charge is 0.494 e. The first kappa shape index (κ1) is 13.8. The lowest BCUT2D eigenvalue weighted by Crippen LogP contribution is -2.09. The third-order valence-electron chi connectivity index (χ3n) is 2.40. The van der Waals surface area contributed by atoms with Gasteiger partial charge in [-0.2, -0.15) is 0 Å². The van der Waals surface area contributed by atoms with Gasteiger partial charge in [-0.1, -0.05) is 13.3 Å². The maximum Gasteiger partial charge on any atom is 0.180 e. The lowest BCUT2D eigenvalue weighted by atomic mass is 10.3. The van der Waals surface area contributed by atoms with E-state index in [0.29, 0.717) is 18.8 Å². The average molecular weight is 257 g/mol. The molecule has 1 rings (SSSR count). The van der Waals surface area contributed by atoms with Crippen molar-refractivity contribution in [1.29, 1.82) is 0 Å². The highest BCUT2D eigenvalue weighted by Crippen LogP contribution is 2.25. The van der Waals surface area contributed by atoms with Crippen molar-refractivity contribution in [2.45, 2.75) is 31.6 Å². The Morgan fingerprint density at radius 2 is 2.00 bits per heavy atom. The van der Waals surface area contributed by atoms with E-state index in [9.17, 15) is 8.42 Å². The Bertz CT molecular complexity index is 469. The molecule has 0 atom stereocenters. The van der Waals surface area contributed by atoms with Gasteiger partial charge in [-0.15, -0.1) is 0 Å². The van der Waals surface area contributed by atoms with E-state index < -0.39 is 9.84 Å². The van der Waals surface area contributed by atoms with Gasteiger partial charge in [0, 0.05) is 6.07 Å². The number of unbranched alkanes of at least 4 members (excludes halogenated alkanes) is 1. The molecule has 0 aromatic heterocycles. The van der Waals surface area contributed by atoms with Gasteiger partial charge in [-0.3, -0.25) is 0 Å². The summed E-state index contributed by atoms with van der Waals surface area (Å²) in [6, 6.07) is 4.76. The van der Waals surface area contributed by atoms with E-state index in [0.717, 1.165) is 6.42 Å². The van der Waals surface area contributed by atoms with Crippen LogP contribution in [0.5, 0.6) is 5.75 Å². The third-order valence-corrected chi connectivity index (χ3v) is 4.25. The van der Waals surface area contributed by atoms with Crippen molar-refractivity contribution < 1.29 is 13.2 Å². The Labute approximate surface area is 103 Å². The summed E-state index contributed by atoms with van der Waals surface area (Å²) in [5.41, 5.74) is 5.99. The molecule has 1 aromatic carbocycles. The second-order valence-electron chi connectivity index (χ2n) is 3.81. The fraction of sp³-hybridized carbons (Fsp3) is 0.500. The van der Waals surface area contributed by atoms with E-state index in [1.54, 1.807) is 12.1 Å². The normalized spacial score (nSPS) is 11.4. The zero-order valence-corrected chi connectivity index (χ0v) is 11.1. The molecule has 0 radical (unpaired) electrons. The second kappa shape index (κ2) is 5.91. The van der Waals surface area contributed by atoms with Crippen LogP contribution in [0.4, 0.5) is 5.69 Å². The van der Waals surface area contributed by atoms with Crippen molar-refractivity contribution in [2.24, 2.45) is 0 Å². The quantitative estimate of drug-likeness (QED) is 0.793. The first-order valence-electron chi connectivity index (χ1n) is 5.76. The molecule has 0 aliphatic carbocycles. The van der Waals surface area contributed by atoms with E-state index in [-0.39, 0.29) is 16.3 Å². The van der Waals surface area contributed by atoms with Crippen molar-refractivity contribution in [2.75, 3.05) is 18.1 Å². The van der Waals surface area contributed by atoms with Crippen LogP contribution in [0.15, 0.2) is 23.1 Å². The number of ether oxygens (including phenoxy) is 1. The van der Waals surface area contributed by atoms with Gasteiger partial charge in [0.15, 0.2) is 9.84 Å². The summed E-state index contributed by atoms with van der Waals surface area (Å²) in [5.74, 6) is 0.667. The Balaban J connectivity index is 3.07. The number of rotatable bonds is 6. The first-order valence-corrected chi connectivity index (χ1v) is 7.41. The minimum atomic E-state index is -3.30. The Morgan fingerprint density at radius 3 is 2.59 bits per heavy atom. The van der Waals surface area contributed by atoms with Gasteiger partial charge in [-0.25, -0.2) is 8.42 Å². The van der Waals surface area contributed by atoms with Crippen molar-refractivity contribution in [3.8, 4) is 5.75 Å². The molecule has 2 N–H and O–H groups in total. The zero-order valence-electron chi connectivity index (χ0n) is 10.3. The minimum Gasteiger partial charge on any atom is -0.494 e. The van der Waals surface area contributed by atoms with Crippen LogP contribution in [0.3, 0.4) is 0 Å². The summed E-state index contributed by atoms with van der Waals surface area (Å²) in [7, 11) is -3.30. The standard InChI is InChI=1S/C12H19NO3S/c1-3-5-8-17(14,15)12-9-10(16-4-2)6-7-11(12)13/h6-7,9H,3-5,8,13H2,1-2H3. The number of hydrogen-bond donors (Lipinski definition) is 1. The average Bonchev–Trinajstić information content (AvgIpc) is 2.29. The van der Waals surface area contributed by atoms with Gasteiger partial charge in [0.1, 0.15) is 5.75 Å². The van der Waals surface area contributed by atoms with Crippen LogP contribution in [0, 0.1) is 0 Å². The van der Waals surface area contributed by atoms with E-state index in [2.05, 4.69) is 0 Å². The molecule has 5 heteroatoms. The van der Waals surface area contributed by atoms with Gasteiger partial charge >= 0.3 is 0 Å². The monoisotopic (exact) mass is 257 g/mol. The third kappa shape index (κ3) is 3.63. The predicted molar refractivity (Wildman–Crippen MR) is 69.0 cm³/mol. The molecule has 17 heavy (non-hydrogen) atoms. The number of anilines is 1. The van der Waals surface area contributed by atoms with Gasteiger partial charge in [0.25, 0.3) is 0 Å². The Kier molecular flexibility index (Phi) is 4.81. The number of nitrogen functional groups attached to an aromatic ring is 1. The molecular weight excluding hydrogens is 238 g/mol. The number of nitrogens with two attached hydrogens (primary N) is 1. The maximum absolute atomic E-state index is 12.0. The molecule has 0 heterocycles. The molecule has 0 fully saturated rings. The molecule has 0 amide bonds. The van der Waals surface area contributed by atoms with Gasteiger partial charge in [0.05, 0.1) is 22.9 Å². The molecule has 0 aliphatic heterocycles. The van der Waals surface area contributed by atoms with Crippen LogP contribution in [-0.2, 0) is 9.84 Å². The SMILES string of the molecule is CCCCS(=O)(=O)c1cc(OCC)ccc1N. The summed E-state index contributed by atoms with van der Waals surface area (Å²) < 4.78 is 29.3. The lowest BCUT2D eigenvalue weighted by molar-refractivity contribution is 0.339. The van der Waals surface area contributed by atoms with Gasteiger partial charge in [-0.05, 0) is 25.5 Å². The highest BCUT2D eigenvalue weighted by molar-refractivity contribution is 7.91. The molecule has 0 bridgehead atoms. The van der Waals surface area contributed by atoms with Crippen LogP contribution >= 0.6 is 0 Å². The number of benzene rings is 1. The Morgan fingerprint density at radius 1 is 1.29 bits per heavy atom. The highest BCUT2D eigenvalue weighted by Gasteiger charge is 2.17. The number of sulfone groups is 1. The second-order valence-corrected chi connectivity index (χ2v) is 5.88. The van der Waals surface area contributed by atoms with E-state index >= 15 is 0 Å². The maximum atomic E-state index is 12.0. The van der Waals surface area contributed by atoms with Crippen molar-refractivity contribution in [3.63, 3.8) is 0 Å². The first-order chi connectivity index (χ1) is 8.01. The molecule has 0 spiro atoms. The summed E-state index contributed by atoms with van der Waals surface area (Å²) in [5, 5.41) is 0. The fourth-order valence-electron chi connectivity index (χ4n) is 1.48. The zero-order chi connectivity index (χ0) is 12.9. The summed E-state index contributed by atoms with van der Waals surface area (Å²) in [6.07, 6.45) is 1.48. The van der Waals surface area contributed by atoms with Crippen LogP contribution in [0.25, 0.3) is 0 Å². The van der Waals surface area contributed by atoms with E-state index in [1.807, 2.05) is 13.8 Å². The Hall–Kier alpha value is -1.23. The predicted octanol–water partition coefficient (Wildman–Crippen LogP) is 2.24. The van der Waals surface area contributed by atoms with Crippen molar-refractivity contribution in [3.05, 3.63) is 18.2 Å². The topological polar surface area (TPSA) is 69.4 Å². The molecule has 0 saturated carbocycles. The summed E-state index contributed by atoms with van der Waals surface area (Å²) >= 11 is 0. The molecule has 0 unspecified atom stereocenters. The van der Waals surface area contributed by atoms with Crippen molar-refractivity contribution in [1.82, 2.24) is 0 Å². The van der Waals surface area contributed by atoms with E-state index in [4.69, 9.17) is 10.5 Å². The van der Waals surface area contributed by atoms with Crippen LogP contribution in [0.1, 0.15) is 26.7 Å². The van der Waals surface area contributed by atoms with Gasteiger partial charge in [0.2, 0.25) is 0 Å². The molecule has 0 saturated heterocycles. The number of hydrogen-bond acceptors (Lipinski definition) is 4. The van der Waals surface area contributed by atoms with Gasteiger partial charge < -0.3 is 10.5 Å². The lowest BCUT2D eigenvalue weighted by Gasteiger charge is -2.09. The molecule has 96 valence electrons. The minimum absolute atomic E-state index is 0.128. The van der Waals surface area contributed by atoms with Crippen LogP contribution < -0.4 is 10.5 Å². The van der Waals surface area contributed by atoms with Crippen molar-refractivity contribution >= 4 is 15.5 Å². The van der Waals surface area contributed by atoms with Crippen LogP contribution in [0.2, 0.25) is 0 Å². The fourth-order valence-corrected chi connectivity index (χ4v) is 3.10. The van der Waals surface area contributed by atoms with Crippen LogP contribution in [-0.4, -0.2) is 20.8 Å². The molecular formula is C12H19NO3S. The summed E-state index contributed by atoms with van der Waals surface area (Å²) in [4.78, 5) is 0.178. The molecule has 4 nitrogen and oxygen atoms in total. The smallest absolute Gasteiger partial charge is 0.180 e. The molecule has 1 aromatic rings. The highest BCUT2D eigenvalue weighted by atomic mass is 32.2. The summed E-state index contributed by atoms with van der Waals surface area (Å²) in [6.45, 7) is 4.30. The van der Waals surface area contributed by atoms with E-state index in [1.165, 1.54) is 6.07 Å². The molecule has 0 aliphatic rings.